The summed E-state index contributed by atoms with van der Waals surface area (Å²) in [4.78, 5) is 36.2. The van der Waals surface area contributed by atoms with Gasteiger partial charge in [-0.25, -0.2) is 0 Å². The smallest absolute Gasteiger partial charge is 0.267 e. The number of anilines is 1. The van der Waals surface area contributed by atoms with E-state index in [1.165, 1.54) is 11.5 Å². The largest absolute Gasteiger partial charge is 0.349 e. The molecule has 0 unspecified atom stereocenters. The third-order valence-corrected chi connectivity index (χ3v) is 4.35. The molecule has 25 heavy (non-hydrogen) atoms. The normalized spacial score (nSPS) is 14.3. The molecule has 1 heterocycles. The van der Waals surface area contributed by atoms with Gasteiger partial charge < -0.3 is 10.6 Å². The van der Waals surface area contributed by atoms with Gasteiger partial charge in [-0.05, 0) is 49.2 Å². The molecule has 2 aromatic rings. The molecule has 6 nitrogen and oxygen atoms in total. The number of rotatable bonds is 4. The van der Waals surface area contributed by atoms with Crippen LogP contribution in [0.15, 0.2) is 47.4 Å². The molecule has 0 radical (unpaired) electrons. The Hall–Kier alpha value is -2.89. The quantitative estimate of drug-likeness (QED) is 0.898. The zero-order valence-corrected chi connectivity index (χ0v) is 14.1. The zero-order chi connectivity index (χ0) is 17.8. The highest BCUT2D eigenvalue weighted by atomic mass is 16.2. The average Bonchev–Trinajstić information content (AvgIpc) is 3.08. The van der Waals surface area contributed by atoms with Gasteiger partial charge in [0.05, 0.1) is 0 Å². The zero-order valence-electron chi connectivity index (χ0n) is 14.1. The molecule has 1 saturated carbocycles. The second kappa shape index (κ2) is 7.34. The van der Waals surface area contributed by atoms with Crippen LogP contribution in [0.1, 0.15) is 43.0 Å². The van der Waals surface area contributed by atoms with Crippen molar-refractivity contribution in [2.75, 3.05) is 5.32 Å². The number of pyridine rings is 1. The molecule has 2 N–H and O–H groups in total. The highest BCUT2D eigenvalue weighted by Gasteiger charge is 2.20. The van der Waals surface area contributed by atoms with Gasteiger partial charge in [0, 0.05) is 30.5 Å². The highest BCUT2D eigenvalue weighted by Crippen LogP contribution is 2.18. The second-order valence-corrected chi connectivity index (χ2v) is 6.28. The first kappa shape index (κ1) is 17.0. The van der Waals surface area contributed by atoms with Gasteiger partial charge >= 0.3 is 0 Å². The second-order valence-electron chi connectivity index (χ2n) is 6.28. The molecule has 1 aliphatic rings. The summed E-state index contributed by atoms with van der Waals surface area (Å²) >= 11 is 0. The lowest BCUT2D eigenvalue weighted by Crippen LogP contribution is -2.37. The average molecular weight is 339 g/mol. The van der Waals surface area contributed by atoms with Gasteiger partial charge in [-0.3, -0.25) is 19.0 Å². The lowest BCUT2D eigenvalue weighted by Gasteiger charge is -2.13. The van der Waals surface area contributed by atoms with Gasteiger partial charge in [-0.2, -0.15) is 0 Å². The van der Waals surface area contributed by atoms with E-state index >= 15 is 0 Å². The van der Waals surface area contributed by atoms with Crippen LogP contribution in [-0.2, 0) is 4.79 Å². The summed E-state index contributed by atoms with van der Waals surface area (Å²) in [6.45, 7) is 1.44. The Morgan fingerprint density at radius 1 is 1.08 bits per heavy atom. The number of nitrogens with zero attached hydrogens (tertiary/aromatic N) is 1. The van der Waals surface area contributed by atoms with Crippen LogP contribution in [0.25, 0.3) is 5.69 Å². The topological polar surface area (TPSA) is 80.2 Å². The standard InChI is InChI=1S/C19H21N3O3/c1-13(23)20-15-8-10-16(11-9-15)22-12-4-7-17(19(22)25)18(24)21-14-5-2-3-6-14/h4,7-12,14H,2-3,5-6H2,1H3,(H,20,23)(H,21,24). The Morgan fingerprint density at radius 3 is 2.40 bits per heavy atom. The fourth-order valence-electron chi connectivity index (χ4n) is 3.11. The number of aromatic nitrogens is 1. The fourth-order valence-corrected chi connectivity index (χ4v) is 3.11. The summed E-state index contributed by atoms with van der Waals surface area (Å²) in [5.41, 5.74) is 1.07. The van der Waals surface area contributed by atoms with E-state index in [2.05, 4.69) is 10.6 Å². The van der Waals surface area contributed by atoms with Crippen LogP contribution in [0.5, 0.6) is 0 Å². The van der Waals surface area contributed by atoms with Crippen molar-refractivity contribution in [3.8, 4) is 5.69 Å². The third kappa shape index (κ3) is 3.96. The molecule has 1 aromatic heterocycles. The van der Waals surface area contributed by atoms with Crippen LogP contribution in [0.2, 0.25) is 0 Å². The van der Waals surface area contributed by atoms with Gasteiger partial charge in [0.2, 0.25) is 5.91 Å². The number of hydrogen-bond acceptors (Lipinski definition) is 3. The van der Waals surface area contributed by atoms with E-state index in [1.54, 1.807) is 42.6 Å². The van der Waals surface area contributed by atoms with E-state index in [-0.39, 0.29) is 29.0 Å². The Bertz CT molecular complexity index is 834. The first-order chi connectivity index (χ1) is 12.0. The van der Waals surface area contributed by atoms with E-state index in [1.807, 2.05) is 0 Å². The maximum absolute atomic E-state index is 12.7. The number of carbonyl (C=O) groups is 2. The predicted octanol–water partition coefficient (Wildman–Crippen LogP) is 2.47. The number of amides is 2. The number of nitrogens with one attached hydrogen (secondary N) is 2. The van der Waals surface area contributed by atoms with Gasteiger partial charge in [-0.1, -0.05) is 12.8 Å². The van der Waals surface area contributed by atoms with Crippen LogP contribution < -0.4 is 16.2 Å². The van der Waals surface area contributed by atoms with Crippen LogP contribution >= 0.6 is 0 Å². The molecule has 0 aliphatic heterocycles. The Morgan fingerprint density at radius 2 is 1.76 bits per heavy atom. The molecule has 2 amide bonds. The van der Waals surface area contributed by atoms with Crippen molar-refractivity contribution in [1.82, 2.24) is 9.88 Å². The molecule has 130 valence electrons. The number of benzene rings is 1. The van der Waals surface area contributed by atoms with Crippen LogP contribution in [0.3, 0.4) is 0 Å². The minimum Gasteiger partial charge on any atom is -0.349 e. The summed E-state index contributed by atoms with van der Waals surface area (Å²) in [6, 6.07) is 10.3. The van der Waals surface area contributed by atoms with Crippen molar-refractivity contribution in [2.24, 2.45) is 0 Å². The number of hydrogen-bond donors (Lipinski definition) is 2. The van der Waals surface area contributed by atoms with E-state index in [0.29, 0.717) is 11.4 Å². The summed E-state index contributed by atoms with van der Waals surface area (Å²) in [6.07, 6.45) is 5.80. The number of carbonyl (C=O) groups excluding carboxylic acids is 2. The first-order valence-electron chi connectivity index (χ1n) is 8.45. The van der Waals surface area contributed by atoms with Crippen molar-refractivity contribution >= 4 is 17.5 Å². The molecular weight excluding hydrogens is 318 g/mol. The minimum atomic E-state index is -0.356. The monoisotopic (exact) mass is 339 g/mol. The van der Waals surface area contributed by atoms with E-state index in [9.17, 15) is 14.4 Å². The fraction of sp³-hybridized carbons (Fsp3) is 0.316. The Balaban J connectivity index is 1.84. The van der Waals surface area contributed by atoms with Crippen molar-refractivity contribution in [3.05, 3.63) is 58.5 Å². The SMILES string of the molecule is CC(=O)Nc1ccc(-n2cccc(C(=O)NC3CCCC3)c2=O)cc1. The molecule has 1 aliphatic carbocycles. The maximum Gasteiger partial charge on any atom is 0.267 e. The molecular formula is C19H21N3O3. The molecule has 0 bridgehead atoms. The van der Waals surface area contributed by atoms with E-state index in [4.69, 9.17) is 0 Å². The van der Waals surface area contributed by atoms with Crippen molar-refractivity contribution in [3.63, 3.8) is 0 Å². The van der Waals surface area contributed by atoms with Crippen molar-refractivity contribution in [2.45, 2.75) is 38.6 Å². The molecule has 6 heteroatoms. The van der Waals surface area contributed by atoms with Gasteiger partial charge in [0.1, 0.15) is 5.56 Å². The van der Waals surface area contributed by atoms with Gasteiger partial charge in [0.15, 0.2) is 0 Å². The Kier molecular flexibility index (Phi) is 4.97. The first-order valence-corrected chi connectivity index (χ1v) is 8.45. The predicted molar refractivity (Wildman–Crippen MR) is 96.1 cm³/mol. The van der Waals surface area contributed by atoms with Crippen LogP contribution in [-0.4, -0.2) is 22.4 Å². The molecule has 3 rings (SSSR count). The Labute approximate surface area is 145 Å². The van der Waals surface area contributed by atoms with Crippen LogP contribution in [0.4, 0.5) is 5.69 Å². The summed E-state index contributed by atoms with van der Waals surface area (Å²) in [7, 11) is 0. The molecule has 0 spiro atoms. The minimum absolute atomic E-state index is 0.139. The van der Waals surface area contributed by atoms with Crippen molar-refractivity contribution < 1.29 is 9.59 Å². The van der Waals surface area contributed by atoms with Crippen molar-refractivity contribution in [1.29, 1.82) is 0 Å². The summed E-state index contributed by atoms with van der Waals surface area (Å²) in [5.74, 6) is -0.475. The highest BCUT2D eigenvalue weighted by molar-refractivity contribution is 5.94. The maximum atomic E-state index is 12.7. The summed E-state index contributed by atoms with van der Waals surface area (Å²) in [5, 5.41) is 5.62. The van der Waals surface area contributed by atoms with E-state index < -0.39 is 0 Å². The molecule has 1 aromatic carbocycles. The third-order valence-electron chi connectivity index (χ3n) is 4.35. The van der Waals surface area contributed by atoms with Gasteiger partial charge in [0.25, 0.3) is 11.5 Å². The van der Waals surface area contributed by atoms with Crippen LogP contribution in [0, 0.1) is 0 Å². The van der Waals surface area contributed by atoms with Gasteiger partial charge in [-0.15, -0.1) is 0 Å². The lowest BCUT2D eigenvalue weighted by molar-refractivity contribution is -0.114. The molecule has 1 fully saturated rings. The summed E-state index contributed by atoms with van der Waals surface area (Å²) < 4.78 is 1.43. The van der Waals surface area contributed by atoms with E-state index in [0.717, 1.165) is 25.7 Å². The molecule has 0 atom stereocenters. The molecule has 0 saturated heterocycles. The lowest BCUT2D eigenvalue weighted by atomic mass is 10.2.